The Kier molecular flexibility index (Phi) is 2.98. The number of hydrogen-bond donors (Lipinski definition) is 2. The molecule has 0 amide bonds. The van der Waals surface area contributed by atoms with E-state index in [1.165, 1.54) is 6.42 Å². The number of nitrogens with one attached hydrogen (secondary N) is 1. The third-order valence-corrected chi connectivity index (χ3v) is 3.94. The van der Waals surface area contributed by atoms with E-state index < -0.39 is 0 Å². The summed E-state index contributed by atoms with van der Waals surface area (Å²) in [5.41, 5.74) is 7.32. The molecule has 0 bridgehead atoms. The maximum absolute atomic E-state index is 5.77. The molecule has 100 valence electrons. The lowest BCUT2D eigenvalue weighted by atomic mass is 9.80. The molecule has 1 heterocycles. The fourth-order valence-corrected chi connectivity index (χ4v) is 2.48. The van der Waals surface area contributed by atoms with E-state index in [9.17, 15) is 0 Å². The second kappa shape index (κ2) is 4.66. The Bertz CT molecular complexity index is 590. The minimum atomic E-state index is -0.0227. The number of fused-ring (bicyclic) bond motifs is 1. The number of nitrogens with two attached hydrogens (primary N) is 1. The van der Waals surface area contributed by atoms with Crippen molar-refractivity contribution in [1.29, 1.82) is 0 Å². The summed E-state index contributed by atoms with van der Waals surface area (Å²) in [7, 11) is 1.78. The summed E-state index contributed by atoms with van der Waals surface area (Å²) >= 11 is 0. The fraction of sp³-hybridized carbons (Fsp3) is 0.429. The van der Waals surface area contributed by atoms with Gasteiger partial charge in [-0.2, -0.15) is 0 Å². The number of benzene rings is 1. The van der Waals surface area contributed by atoms with Gasteiger partial charge in [0.2, 0.25) is 0 Å². The van der Waals surface area contributed by atoms with Crippen LogP contribution < -0.4 is 11.1 Å². The van der Waals surface area contributed by atoms with Crippen molar-refractivity contribution in [2.45, 2.75) is 24.9 Å². The average molecular weight is 258 g/mol. The van der Waals surface area contributed by atoms with Crippen molar-refractivity contribution in [3.05, 3.63) is 24.5 Å². The fourth-order valence-electron chi connectivity index (χ4n) is 2.48. The Balaban J connectivity index is 1.84. The number of hydrogen-bond acceptors (Lipinski definition) is 5. The molecule has 1 aromatic carbocycles. The van der Waals surface area contributed by atoms with Gasteiger partial charge in [0.1, 0.15) is 12.1 Å². The van der Waals surface area contributed by atoms with Crippen molar-refractivity contribution in [1.82, 2.24) is 9.97 Å². The molecule has 1 aromatic heterocycles. The summed E-state index contributed by atoms with van der Waals surface area (Å²) in [6.07, 6.45) is 5.00. The van der Waals surface area contributed by atoms with Crippen LogP contribution in [0, 0.1) is 0 Å². The van der Waals surface area contributed by atoms with E-state index in [-0.39, 0.29) is 5.60 Å². The Morgan fingerprint density at radius 3 is 2.89 bits per heavy atom. The molecule has 5 nitrogen and oxygen atoms in total. The summed E-state index contributed by atoms with van der Waals surface area (Å²) in [5, 5.41) is 4.37. The van der Waals surface area contributed by atoms with Gasteiger partial charge in [0, 0.05) is 24.7 Å². The van der Waals surface area contributed by atoms with Gasteiger partial charge in [0.25, 0.3) is 0 Å². The van der Waals surface area contributed by atoms with Gasteiger partial charge in [-0.15, -0.1) is 0 Å². The van der Waals surface area contributed by atoms with Crippen LogP contribution >= 0.6 is 0 Å². The smallest absolute Gasteiger partial charge is 0.137 e. The molecule has 1 aliphatic rings. The number of rotatable bonds is 4. The van der Waals surface area contributed by atoms with E-state index in [4.69, 9.17) is 10.5 Å². The number of ether oxygens (including phenoxy) is 1. The SMILES string of the molecule is COC1(CNc2ncnc3cc(N)ccc23)CCC1. The zero-order valence-corrected chi connectivity index (χ0v) is 11.0. The van der Waals surface area contributed by atoms with Gasteiger partial charge in [-0.05, 0) is 37.5 Å². The van der Waals surface area contributed by atoms with Gasteiger partial charge in [0.05, 0.1) is 11.1 Å². The van der Waals surface area contributed by atoms with Crippen molar-refractivity contribution >= 4 is 22.4 Å². The first-order valence-corrected chi connectivity index (χ1v) is 6.52. The normalized spacial score (nSPS) is 17.1. The van der Waals surface area contributed by atoms with Crippen LogP contribution in [-0.4, -0.2) is 29.2 Å². The van der Waals surface area contributed by atoms with Crippen LogP contribution in [0.5, 0.6) is 0 Å². The largest absolute Gasteiger partial charge is 0.399 e. The molecule has 1 fully saturated rings. The summed E-state index contributed by atoms with van der Waals surface area (Å²) < 4.78 is 5.60. The monoisotopic (exact) mass is 258 g/mol. The van der Waals surface area contributed by atoms with Crippen molar-refractivity contribution < 1.29 is 4.74 Å². The van der Waals surface area contributed by atoms with E-state index in [1.54, 1.807) is 13.4 Å². The van der Waals surface area contributed by atoms with E-state index in [2.05, 4.69) is 15.3 Å². The minimum Gasteiger partial charge on any atom is -0.399 e. The molecule has 3 N–H and O–H groups in total. The molecule has 0 radical (unpaired) electrons. The molecule has 3 rings (SSSR count). The number of nitrogen functional groups attached to an aromatic ring is 1. The molecule has 0 atom stereocenters. The Morgan fingerprint density at radius 2 is 2.21 bits per heavy atom. The highest BCUT2D eigenvalue weighted by Crippen LogP contribution is 2.35. The van der Waals surface area contributed by atoms with Crippen molar-refractivity contribution in [2.75, 3.05) is 24.7 Å². The molecular weight excluding hydrogens is 240 g/mol. The predicted octanol–water partition coefficient (Wildman–Crippen LogP) is 2.19. The lowest BCUT2D eigenvalue weighted by molar-refractivity contribution is -0.0601. The van der Waals surface area contributed by atoms with Crippen LogP contribution in [0.4, 0.5) is 11.5 Å². The number of nitrogens with zero attached hydrogens (tertiary/aromatic N) is 2. The first-order valence-electron chi connectivity index (χ1n) is 6.52. The summed E-state index contributed by atoms with van der Waals surface area (Å²) in [5.74, 6) is 0.841. The highest BCUT2D eigenvalue weighted by Gasteiger charge is 2.36. The van der Waals surface area contributed by atoms with E-state index in [1.807, 2.05) is 18.2 Å². The third-order valence-electron chi connectivity index (χ3n) is 3.94. The molecule has 0 saturated heterocycles. The van der Waals surface area contributed by atoms with Gasteiger partial charge in [-0.1, -0.05) is 0 Å². The topological polar surface area (TPSA) is 73.1 Å². The lowest BCUT2D eigenvalue weighted by Gasteiger charge is -2.40. The van der Waals surface area contributed by atoms with Gasteiger partial charge < -0.3 is 15.8 Å². The standard InChI is InChI=1S/C14H18N4O/c1-19-14(5-2-6-14)8-16-13-11-4-3-10(15)7-12(11)17-9-18-13/h3-4,7,9H,2,5-6,8,15H2,1H3,(H,16,17,18). The third kappa shape index (κ3) is 2.21. The average Bonchev–Trinajstić information content (AvgIpc) is 2.37. The number of aromatic nitrogens is 2. The van der Waals surface area contributed by atoms with E-state index in [0.29, 0.717) is 5.69 Å². The van der Waals surface area contributed by atoms with Gasteiger partial charge in [0.15, 0.2) is 0 Å². The summed E-state index contributed by atoms with van der Waals surface area (Å²) in [6.45, 7) is 0.778. The summed E-state index contributed by atoms with van der Waals surface area (Å²) in [4.78, 5) is 8.55. The minimum absolute atomic E-state index is 0.0227. The molecule has 1 saturated carbocycles. The highest BCUT2D eigenvalue weighted by atomic mass is 16.5. The molecule has 0 unspecified atom stereocenters. The van der Waals surface area contributed by atoms with Crippen molar-refractivity contribution in [3.8, 4) is 0 Å². The molecule has 2 aromatic rings. The quantitative estimate of drug-likeness (QED) is 0.822. The van der Waals surface area contributed by atoms with Crippen LogP contribution in [0.3, 0.4) is 0 Å². The second-order valence-corrected chi connectivity index (χ2v) is 5.09. The Morgan fingerprint density at radius 1 is 1.37 bits per heavy atom. The maximum atomic E-state index is 5.77. The first kappa shape index (κ1) is 12.2. The lowest BCUT2D eigenvalue weighted by Crippen LogP contribution is -2.45. The van der Waals surface area contributed by atoms with Gasteiger partial charge >= 0.3 is 0 Å². The van der Waals surface area contributed by atoms with Crippen LogP contribution in [-0.2, 0) is 4.74 Å². The molecule has 0 aliphatic heterocycles. The van der Waals surface area contributed by atoms with Crippen LogP contribution in [0.25, 0.3) is 10.9 Å². The zero-order valence-electron chi connectivity index (χ0n) is 11.0. The Hall–Kier alpha value is -1.88. The molecule has 1 aliphatic carbocycles. The zero-order chi connectivity index (χ0) is 13.3. The van der Waals surface area contributed by atoms with Crippen molar-refractivity contribution in [2.24, 2.45) is 0 Å². The second-order valence-electron chi connectivity index (χ2n) is 5.09. The maximum Gasteiger partial charge on any atom is 0.137 e. The predicted molar refractivity (Wildman–Crippen MR) is 76.0 cm³/mol. The van der Waals surface area contributed by atoms with Crippen LogP contribution in [0.2, 0.25) is 0 Å². The van der Waals surface area contributed by atoms with Gasteiger partial charge in [-0.25, -0.2) is 9.97 Å². The molecular formula is C14H18N4O. The summed E-state index contributed by atoms with van der Waals surface area (Å²) in [6, 6.07) is 5.68. The highest BCUT2D eigenvalue weighted by molar-refractivity contribution is 5.90. The molecule has 19 heavy (non-hydrogen) atoms. The van der Waals surface area contributed by atoms with Crippen LogP contribution in [0.1, 0.15) is 19.3 Å². The van der Waals surface area contributed by atoms with Crippen molar-refractivity contribution in [3.63, 3.8) is 0 Å². The molecule has 0 spiro atoms. The van der Waals surface area contributed by atoms with Gasteiger partial charge in [-0.3, -0.25) is 0 Å². The number of methoxy groups -OCH3 is 1. The van der Waals surface area contributed by atoms with Crippen LogP contribution in [0.15, 0.2) is 24.5 Å². The van der Waals surface area contributed by atoms with E-state index in [0.717, 1.165) is 36.1 Å². The van der Waals surface area contributed by atoms with E-state index >= 15 is 0 Å². The first-order chi connectivity index (χ1) is 9.22. The number of anilines is 2. The molecule has 5 heteroatoms. The Labute approximate surface area is 112 Å².